The summed E-state index contributed by atoms with van der Waals surface area (Å²) in [6.07, 6.45) is -0.673. The fourth-order valence-electron chi connectivity index (χ4n) is 5.48. The Labute approximate surface area is 256 Å². The van der Waals surface area contributed by atoms with E-state index in [-0.39, 0.29) is 18.3 Å². The van der Waals surface area contributed by atoms with Crippen molar-refractivity contribution >= 4 is 36.7 Å². The first-order chi connectivity index (χ1) is 20.3. The van der Waals surface area contributed by atoms with E-state index < -0.39 is 44.3 Å². The highest BCUT2D eigenvalue weighted by Crippen LogP contribution is 2.37. The zero-order valence-electron chi connectivity index (χ0n) is 26.2. The zero-order valence-corrected chi connectivity index (χ0v) is 27.2. The average Bonchev–Trinajstić information content (AvgIpc) is 2.99. The molecule has 43 heavy (non-hydrogen) atoms. The van der Waals surface area contributed by atoms with Gasteiger partial charge in [0.05, 0.1) is 0 Å². The van der Waals surface area contributed by atoms with E-state index in [0.29, 0.717) is 0 Å². The number of carbonyl (C=O) groups is 3. The molecule has 2 amide bonds. The highest BCUT2D eigenvalue weighted by Gasteiger charge is 2.50. The van der Waals surface area contributed by atoms with Crippen molar-refractivity contribution in [3.8, 4) is 0 Å². The van der Waals surface area contributed by atoms with E-state index in [4.69, 9.17) is 9.16 Å². The van der Waals surface area contributed by atoms with Crippen molar-refractivity contribution in [1.82, 2.24) is 9.80 Å². The number of carboxylic acids is 1. The lowest BCUT2D eigenvalue weighted by molar-refractivity contribution is -0.153. The fourth-order valence-corrected chi connectivity index (χ4v) is 10.1. The van der Waals surface area contributed by atoms with E-state index in [1.54, 1.807) is 13.8 Å². The number of rotatable bonds is 12. The molecule has 3 aromatic rings. The molecule has 0 aliphatic rings. The summed E-state index contributed by atoms with van der Waals surface area (Å²) in [4.78, 5) is 41.2. The standard InChI is InChI=1S/C34H44N2O6Si/c1-25(23-42-43(34(3,4)5,28-19-13-9-14-20-28)29-21-15-10-16-22-29)30(32(38)39)36(7)31(37)26(2)35(6)33(40)41-24-27-17-11-8-12-18-27/h8-22,25-26,30H,23-24H2,1-7H3,(H,38,39)/t25-,26+,30-/m0/s1. The van der Waals surface area contributed by atoms with Gasteiger partial charge in [-0.05, 0) is 27.9 Å². The molecule has 0 heterocycles. The lowest BCUT2D eigenvalue weighted by Crippen LogP contribution is -2.67. The van der Waals surface area contributed by atoms with E-state index >= 15 is 0 Å². The third-order valence-electron chi connectivity index (χ3n) is 7.97. The van der Waals surface area contributed by atoms with Gasteiger partial charge in [-0.3, -0.25) is 9.69 Å². The Balaban J connectivity index is 1.80. The van der Waals surface area contributed by atoms with Gasteiger partial charge in [0, 0.05) is 26.6 Å². The molecule has 9 heteroatoms. The molecule has 3 atom stereocenters. The summed E-state index contributed by atoms with van der Waals surface area (Å²) < 4.78 is 12.3. The fraction of sp³-hybridized carbons (Fsp3) is 0.382. The van der Waals surface area contributed by atoms with Crippen molar-refractivity contribution in [1.29, 1.82) is 0 Å². The minimum atomic E-state index is -2.91. The number of nitrogens with zero attached hydrogens (tertiary/aromatic N) is 2. The van der Waals surface area contributed by atoms with Crippen LogP contribution in [0.2, 0.25) is 5.04 Å². The van der Waals surface area contributed by atoms with Crippen LogP contribution in [0.1, 0.15) is 40.2 Å². The van der Waals surface area contributed by atoms with Gasteiger partial charge in [-0.1, -0.05) is 119 Å². The van der Waals surface area contributed by atoms with Crippen molar-refractivity contribution < 1.29 is 28.7 Å². The summed E-state index contributed by atoms with van der Waals surface area (Å²) >= 11 is 0. The van der Waals surface area contributed by atoms with E-state index in [0.717, 1.165) is 15.9 Å². The molecule has 3 rings (SSSR count). The van der Waals surface area contributed by atoms with Gasteiger partial charge < -0.3 is 19.2 Å². The Morgan fingerprint density at radius 1 is 0.791 bits per heavy atom. The van der Waals surface area contributed by atoms with Crippen LogP contribution in [0, 0.1) is 5.92 Å². The minimum Gasteiger partial charge on any atom is -0.480 e. The molecule has 1 N–H and O–H groups in total. The Morgan fingerprint density at radius 3 is 1.70 bits per heavy atom. The van der Waals surface area contributed by atoms with Crippen LogP contribution in [0.5, 0.6) is 0 Å². The quantitative estimate of drug-likeness (QED) is 0.300. The number of benzene rings is 3. The number of carbonyl (C=O) groups excluding carboxylic acids is 2. The first-order valence-electron chi connectivity index (χ1n) is 14.5. The van der Waals surface area contributed by atoms with E-state index in [1.165, 1.54) is 23.9 Å². The second kappa shape index (κ2) is 14.5. The lowest BCUT2D eigenvalue weighted by Gasteiger charge is -2.44. The van der Waals surface area contributed by atoms with Crippen LogP contribution >= 0.6 is 0 Å². The lowest BCUT2D eigenvalue weighted by atomic mass is 10.0. The van der Waals surface area contributed by atoms with Gasteiger partial charge in [-0.2, -0.15) is 0 Å². The van der Waals surface area contributed by atoms with E-state index in [1.807, 2.05) is 66.7 Å². The summed E-state index contributed by atoms with van der Waals surface area (Å²) in [5.41, 5.74) is 0.820. The summed E-state index contributed by atoms with van der Waals surface area (Å²) in [7, 11) is 0.0134. The molecule has 0 saturated heterocycles. The van der Waals surface area contributed by atoms with Crippen LogP contribution < -0.4 is 10.4 Å². The molecular formula is C34H44N2O6Si. The van der Waals surface area contributed by atoms with Gasteiger partial charge in [0.2, 0.25) is 5.91 Å². The van der Waals surface area contributed by atoms with Gasteiger partial charge in [0.1, 0.15) is 18.7 Å². The molecule has 0 spiro atoms. The van der Waals surface area contributed by atoms with Crippen LogP contribution in [0.3, 0.4) is 0 Å². The maximum absolute atomic E-state index is 13.5. The summed E-state index contributed by atoms with van der Waals surface area (Å²) in [6.45, 7) is 9.99. The Morgan fingerprint density at radius 2 is 1.26 bits per heavy atom. The molecule has 0 radical (unpaired) electrons. The third kappa shape index (κ3) is 7.72. The van der Waals surface area contributed by atoms with Gasteiger partial charge in [0.25, 0.3) is 8.32 Å². The first kappa shape index (κ1) is 33.5. The van der Waals surface area contributed by atoms with Crippen molar-refractivity contribution in [3.05, 3.63) is 96.6 Å². The SMILES string of the molecule is C[C@H](C(=O)N(C)[C@H](C(=O)O)[C@@H](C)CO[Si](c1ccccc1)(c1ccccc1)C(C)(C)C)N(C)C(=O)OCc1ccccc1. The summed E-state index contributed by atoms with van der Waals surface area (Å²) in [5, 5.41) is 12.2. The molecular weight excluding hydrogens is 560 g/mol. The molecule has 230 valence electrons. The highest BCUT2D eigenvalue weighted by atomic mass is 28.4. The molecule has 0 aliphatic carbocycles. The maximum atomic E-state index is 13.5. The van der Waals surface area contributed by atoms with Crippen LogP contribution in [0.15, 0.2) is 91.0 Å². The summed E-state index contributed by atoms with van der Waals surface area (Å²) in [6, 6.07) is 27.3. The molecule has 0 bridgehead atoms. The molecule has 0 fully saturated rings. The maximum Gasteiger partial charge on any atom is 0.410 e. The van der Waals surface area contributed by atoms with Crippen LogP contribution in [0.25, 0.3) is 0 Å². The number of ether oxygens (including phenoxy) is 1. The summed E-state index contributed by atoms with van der Waals surface area (Å²) in [5.74, 6) is -2.21. The second-order valence-electron chi connectivity index (χ2n) is 12.0. The van der Waals surface area contributed by atoms with Gasteiger partial charge in [0.15, 0.2) is 0 Å². The molecule has 0 aromatic heterocycles. The average molecular weight is 605 g/mol. The molecule has 0 unspecified atom stereocenters. The molecule has 0 aliphatic heterocycles. The van der Waals surface area contributed by atoms with Crippen molar-refractivity contribution in [2.75, 3.05) is 20.7 Å². The van der Waals surface area contributed by atoms with Crippen molar-refractivity contribution in [2.45, 2.75) is 58.3 Å². The topological polar surface area (TPSA) is 96.4 Å². The van der Waals surface area contributed by atoms with Crippen LogP contribution in [0.4, 0.5) is 4.79 Å². The largest absolute Gasteiger partial charge is 0.480 e. The zero-order chi connectivity index (χ0) is 31.8. The van der Waals surface area contributed by atoms with Crippen molar-refractivity contribution in [2.24, 2.45) is 5.92 Å². The highest BCUT2D eigenvalue weighted by molar-refractivity contribution is 6.99. The van der Waals surface area contributed by atoms with E-state index in [2.05, 4.69) is 45.0 Å². The predicted molar refractivity (Wildman–Crippen MR) is 171 cm³/mol. The Bertz CT molecular complexity index is 1310. The number of carboxylic acid groups (broad SMARTS) is 1. The minimum absolute atomic E-state index is 0.0646. The van der Waals surface area contributed by atoms with Gasteiger partial charge in [-0.25, -0.2) is 9.59 Å². The number of hydrogen-bond acceptors (Lipinski definition) is 5. The second-order valence-corrected chi connectivity index (χ2v) is 16.3. The molecule has 8 nitrogen and oxygen atoms in total. The number of hydrogen-bond donors (Lipinski definition) is 1. The van der Waals surface area contributed by atoms with Crippen LogP contribution in [-0.2, 0) is 25.4 Å². The van der Waals surface area contributed by atoms with Gasteiger partial charge >= 0.3 is 12.1 Å². The number of aliphatic carboxylic acids is 1. The molecule has 3 aromatic carbocycles. The normalized spacial score (nSPS) is 13.8. The monoisotopic (exact) mass is 604 g/mol. The Hall–Kier alpha value is -3.95. The van der Waals surface area contributed by atoms with Gasteiger partial charge in [-0.15, -0.1) is 0 Å². The van der Waals surface area contributed by atoms with E-state index in [9.17, 15) is 19.5 Å². The third-order valence-corrected chi connectivity index (χ3v) is 13.0. The number of likely N-dealkylation sites (N-methyl/N-ethyl adjacent to an activating group) is 2. The van der Waals surface area contributed by atoms with Crippen molar-refractivity contribution in [3.63, 3.8) is 0 Å². The number of amides is 2. The van der Waals surface area contributed by atoms with Crippen LogP contribution in [-0.4, -0.2) is 74.0 Å². The predicted octanol–water partition coefficient (Wildman–Crippen LogP) is 4.77. The smallest absolute Gasteiger partial charge is 0.410 e. The molecule has 0 saturated carbocycles. The first-order valence-corrected chi connectivity index (χ1v) is 16.4. The Kier molecular flexibility index (Phi) is 11.3.